The van der Waals surface area contributed by atoms with Gasteiger partial charge in [0.1, 0.15) is 11.9 Å². The molecule has 6 nitrogen and oxygen atoms in total. The van der Waals surface area contributed by atoms with E-state index >= 15 is 0 Å². The molecule has 1 aliphatic heterocycles. The van der Waals surface area contributed by atoms with Crippen LogP contribution in [-0.4, -0.2) is 44.3 Å². The zero-order valence-corrected chi connectivity index (χ0v) is 18.0. The van der Waals surface area contributed by atoms with Crippen molar-refractivity contribution in [3.05, 3.63) is 53.6 Å². The molecule has 0 atom stereocenters. The summed E-state index contributed by atoms with van der Waals surface area (Å²) in [6.07, 6.45) is 1.59. The van der Waals surface area contributed by atoms with Gasteiger partial charge in [-0.2, -0.15) is 0 Å². The molecule has 1 aliphatic rings. The first kappa shape index (κ1) is 21.2. The number of para-hydroxylation sites is 1. The Balaban J connectivity index is 1.57. The first-order valence-electron chi connectivity index (χ1n) is 9.92. The van der Waals surface area contributed by atoms with E-state index in [9.17, 15) is 13.2 Å². The maximum atomic E-state index is 12.6. The highest BCUT2D eigenvalue weighted by Crippen LogP contribution is 2.26. The van der Waals surface area contributed by atoms with E-state index in [1.54, 1.807) is 30.0 Å². The summed E-state index contributed by atoms with van der Waals surface area (Å²) in [5.74, 6) is 0.961. The van der Waals surface area contributed by atoms with Crippen LogP contribution >= 0.6 is 0 Å². The van der Waals surface area contributed by atoms with Crippen LogP contribution in [0.15, 0.2) is 47.4 Å². The third-order valence-electron chi connectivity index (χ3n) is 5.25. The van der Waals surface area contributed by atoms with Gasteiger partial charge in [-0.1, -0.05) is 31.2 Å². The molecule has 0 radical (unpaired) electrons. The number of anilines is 1. The fourth-order valence-corrected chi connectivity index (χ4v) is 4.39. The summed E-state index contributed by atoms with van der Waals surface area (Å²) in [4.78, 5) is 14.6. The third kappa shape index (κ3) is 5.09. The molecule has 1 N–H and O–H groups in total. The van der Waals surface area contributed by atoms with Gasteiger partial charge >= 0.3 is 6.03 Å². The summed E-state index contributed by atoms with van der Waals surface area (Å²) in [5.41, 5.74) is 2.72. The number of benzene rings is 2. The Morgan fingerprint density at radius 2 is 1.72 bits per heavy atom. The highest BCUT2D eigenvalue weighted by molar-refractivity contribution is 7.91. The number of carbonyl (C=O) groups is 1. The molecule has 2 aromatic carbocycles. The molecule has 0 aliphatic carbocycles. The Kier molecular flexibility index (Phi) is 6.47. The molecule has 2 amide bonds. The number of piperidine rings is 1. The highest BCUT2D eigenvalue weighted by Gasteiger charge is 2.25. The van der Waals surface area contributed by atoms with E-state index in [0.29, 0.717) is 18.8 Å². The fourth-order valence-electron chi connectivity index (χ4n) is 3.46. The molecule has 0 bridgehead atoms. The number of ether oxygens (including phenoxy) is 1. The molecule has 2 aromatic rings. The number of rotatable bonds is 5. The topological polar surface area (TPSA) is 75.7 Å². The van der Waals surface area contributed by atoms with Crippen LogP contribution in [0.4, 0.5) is 10.5 Å². The van der Waals surface area contributed by atoms with E-state index in [-0.39, 0.29) is 22.8 Å². The molecule has 0 unspecified atom stereocenters. The summed E-state index contributed by atoms with van der Waals surface area (Å²) < 4.78 is 30.3. The lowest BCUT2D eigenvalue weighted by Crippen LogP contribution is -2.43. The summed E-state index contributed by atoms with van der Waals surface area (Å²) in [6.45, 7) is 6.86. The van der Waals surface area contributed by atoms with E-state index in [0.717, 1.165) is 29.7 Å². The fraction of sp³-hybridized carbons (Fsp3) is 0.409. The van der Waals surface area contributed by atoms with Crippen molar-refractivity contribution in [2.75, 3.05) is 24.2 Å². The standard InChI is InChI=1S/C22H28N2O4S/c1-4-29(26,27)20-10-6-9-18(15-20)23-22(25)24-13-11-19(12-14-24)28-21-16(2)7-5-8-17(21)3/h5-10,15,19H,4,11-14H2,1-3H3,(H,23,25). The van der Waals surface area contributed by atoms with Crippen molar-refractivity contribution in [2.24, 2.45) is 0 Å². The zero-order chi connectivity index (χ0) is 21.0. The predicted molar refractivity (Wildman–Crippen MR) is 114 cm³/mol. The lowest BCUT2D eigenvalue weighted by atomic mass is 10.1. The number of nitrogens with one attached hydrogen (secondary N) is 1. The van der Waals surface area contributed by atoms with Crippen molar-refractivity contribution in [3.8, 4) is 5.75 Å². The monoisotopic (exact) mass is 416 g/mol. The second kappa shape index (κ2) is 8.86. The summed E-state index contributed by atoms with van der Waals surface area (Å²) >= 11 is 0. The molecule has 3 rings (SSSR count). The quantitative estimate of drug-likeness (QED) is 0.794. The van der Waals surface area contributed by atoms with Crippen LogP contribution in [0, 0.1) is 13.8 Å². The molecule has 7 heteroatoms. The van der Waals surface area contributed by atoms with Gasteiger partial charge in [-0.05, 0) is 43.2 Å². The maximum Gasteiger partial charge on any atom is 0.321 e. The molecule has 0 spiro atoms. The van der Waals surface area contributed by atoms with Gasteiger partial charge in [-0.15, -0.1) is 0 Å². The molecule has 1 saturated heterocycles. The number of sulfone groups is 1. The lowest BCUT2D eigenvalue weighted by molar-refractivity contribution is 0.114. The van der Waals surface area contributed by atoms with Gasteiger partial charge < -0.3 is 15.0 Å². The van der Waals surface area contributed by atoms with Gasteiger partial charge in [0, 0.05) is 31.6 Å². The number of urea groups is 1. The Bertz CT molecular complexity index is 960. The van der Waals surface area contributed by atoms with Gasteiger partial charge in [-0.3, -0.25) is 0 Å². The Morgan fingerprint density at radius 3 is 2.34 bits per heavy atom. The lowest BCUT2D eigenvalue weighted by Gasteiger charge is -2.32. The minimum atomic E-state index is -3.31. The summed E-state index contributed by atoms with van der Waals surface area (Å²) in [7, 11) is -3.31. The normalized spacial score (nSPS) is 15.2. The Labute approximate surface area is 172 Å². The smallest absolute Gasteiger partial charge is 0.321 e. The van der Waals surface area contributed by atoms with Crippen molar-refractivity contribution in [2.45, 2.75) is 44.6 Å². The zero-order valence-electron chi connectivity index (χ0n) is 17.1. The predicted octanol–water partition coefficient (Wildman–Crippen LogP) is 4.17. The van der Waals surface area contributed by atoms with Gasteiger partial charge in [0.05, 0.1) is 10.6 Å². The SMILES string of the molecule is CCS(=O)(=O)c1cccc(NC(=O)N2CCC(Oc3c(C)cccc3C)CC2)c1. The van der Waals surface area contributed by atoms with Crippen LogP contribution in [0.3, 0.4) is 0 Å². The van der Waals surface area contributed by atoms with Crippen molar-refractivity contribution in [3.63, 3.8) is 0 Å². The number of hydrogen-bond donors (Lipinski definition) is 1. The van der Waals surface area contributed by atoms with Crippen LogP contribution in [-0.2, 0) is 9.84 Å². The van der Waals surface area contributed by atoms with Gasteiger partial charge in [0.15, 0.2) is 9.84 Å². The van der Waals surface area contributed by atoms with Crippen molar-refractivity contribution in [1.82, 2.24) is 4.90 Å². The second-order valence-electron chi connectivity index (χ2n) is 7.39. The third-order valence-corrected chi connectivity index (χ3v) is 6.98. The molecule has 156 valence electrons. The van der Waals surface area contributed by atoms with E-state index in [1.165, 1.54) is 6.07 Å². The second-order valence-corrected chi connectivity index (χ2v) is 9.66. The summed E-state index contributed by atoms with van der Waals surface area (Å²) in [6, 6.07) is 12.3. The minimum Gasteiger partial charge on any atom is -0.490 e. The number of aryl methyl sites for hydroxylation is 2. The van der Waals surface area contributed by atoms with Crippen molar-refractivity contribution in [1.29, 1.82) is 0 Å². The van der Waals surface area contributed by atoms with Crippen LogP contribution in [0.2, 0.25) is 0 Å². The summed E-state index contributed by atoms with van der Waals surface area (Å²) in [5, 5.41) is 2.81. The Morgan fingerprint density at radius 1 is 1.10 bits per heavy atom. The molecule has 0 saturated carbocycles. The highest BCUT2D eigenvalue weighted by atomic mass is 32.2. The molecular weight excluding hydrogens is 388 g/mol. The average molecular weight is 417 g/mol. The number of likely N-dealkylation sites (tertiary alicyclic amines) is 1. The Hall–Kier alpha value is -2.54. The van der Waals surface area contributed by atoms with Crippen LogP contribution in [0.1, 0.15) is 30.9 Å². The van der Waals surface area contributed by atoms with Crippen LogP contribution < -0.4 is 10.1 Å². The maximum absolute atomic E-state index is 12.6. The first-order valence-corrected chi connectivity index (χ1v) is 11.6. The van der Waals surface area contributed by atoms with Crippen molar-refractivity contribution < 1.29 is 17.9 Å². The van der Waals surface area contributed by atoms with E-state index in [4.69, 9.17) is 4.74 Å². The first-order chi connectivity index (χ1) is 13.8. The average Bonchev–Trinajstić information content (AvgIpc) is 2.71. The number of nitrogens with zero attached hydrogens (tertiary/aromatic N) is 1. The van der Waals surface area contributed by atoms with E-state index < -0.39 is 9.84 Å². The minimum absolute atomic E-state index is 0.0261. The number of amides is 2. The number of hydrogen-bond acceptors (Lipinski definition) is 4. The van der Waals surface area contributed by atoms with Crippen molar-refractivity contribution >= 4 is 21.6 Å². The van der Waals surface area contributed by atoms with E-state index in [2.05, 4.69) is 5.32 Å². The molecular formula is C22H28N2O4S. The van der Waals surface area contributed by atoms with E-state index in [1.807, 2.05) is 32.0 Å². The molecule has 1 heterocycles. The van der Waals surface area contributed by atoms with Crippen LogP contribution in [0.25, 0.3) is 0 Å². The largest absolute Gasteiger partial charge is 0.490 e. The number of carbonyl (C=O) groups excluding carboxylic acids is 1. The molecule has 1 fully saturated rings. The van der Waals surface area contributed by atoms with Gasteiger partial charge in [0.25, 0.3) is 0 Å². The van der Waals surface area contributed by atoms with Crippen LogP contribution in [0.5, 0.6) is 5.75 Å². The molecule has 0 aromatic heterocycles. The molecule has 29 heavy (non-hydrogen) atoms. The van der Waals surface area contributed by atoms with Gasteiger partial charge in [0.2, 0.25) is 0 Å². The van der Waals surface area contributed by atoms with Gasteiger partial charge in [-0.25, -0.2) is 13.2 Å².